The molecule has 0 aliphatic rings. The summed E-state index contributed by atoms with van der Waals surface area (Å²) in [5, 5.41) is 25.6. The van der Waals surface area contributed by atoms with Gasteiger partial charge in [-0.05, 0) is 67.1 Å². The van der Waals surface area contributed by atoms with E-state index in [1.165, 1.54) is 6.92 Å². The lowest BCUT2D eigenvalue weighted by Gasteiger charge is -2.27. The van der Waals surface area contributed by atoms with Crippen molar-refractivity contribution >= 4 is 59.0 Å². The lowest BCUT2D eigenvalue weighted by molar-refractivity contribution is -0.134. The van der Waals surface area contributed by atoms with Gasteiger partial charge in [0.2, 0.25) is 23.6 Å². The number of urea groups is 1. The van der Waals surface area contributed by atoms with Crippen LogP contribution in [0.1, 0.15) is 154 Å². The molecule has 0 aliphatic heterocycles. The molecule has 0 aromatic heterocycles. The van der Waals surface area contributed by atoms with E-state index in [4.69, 9.17) is 10.5 Å². The predicted molar refractivity (Wildman–Crippen MR) is 268 cm³/mol. The van der Waals surface area contributed by atoms with Gasteiger partial charge in [0.05, 0.1) is 6.04 Å². The predicted octanol–water partition coefficient (Wildman–Crippen LogP) is 6.95. The number of carboxylic acids is 1. The molecule has 1 aromatic rings. The fourth-order valence-corrected chi connectivity index (χ4v) is 5.89. The molecule has 390 valence electrons. The zero-order valence-electron chi connectivity index (χ0n) is 44.1. The van der Waals surface area contributed by atoms with Crippen LogP contribution in [0.25, 0.3) is 0 Å². The summed E-state index contributed by atoms with van der Waals surface area (Å²) in [4.78, 5) is 110. The summed E-state index contributed by atoms with van der Waals surface area (Å²) < 4.78 is 5.24. The standard InChI is InChI=1S/C30H49N5O6.C21H36N2O5/c1-19(2)24(35-26(38)30(6,7)8)23(36)16-21(10-9-15-32-27(31)39)25(37)34-22-13-11-20(12-14-22)17-41-28(40)33-18-29(3,4)5;1-14(18(26)27)16(17(25)23-13-20(2,3)4)11-10-15(24)9-8-12-22-19(28)21(5,6)7/h11-14,19,21,24H,9-10,15-18H2,1-8H3,(H,33,40)(H,34,37)(H,35,38)(H3,31,32,39);8-13H2,1-7H3,(H,22,28)(H,23,25)(H,26,27)/b;16-14-. The SMILES string of the molecule is C/C(C(=O)O)=C(\CCC(=O)CCCNC(=O)C(C)(C)C)C(=O)NCC(C)(C)C.CC(C)C(NC(=O)C(C)(C)C)C(=O)CC(CCCNC(N)=O)C(=O)Nc1ccc(COC(=O)NCC(C)(C)C)cc1. The number of anilines is 1. The zero-order valence-corrected chi connectivity index (χ0v) is 44.1. The smallest absolute Gasteiger partial charge is 0.407 e. The average Bonchev–Trinajstić information content (AvgIpc) is 3.21. The van der Waals surface area contributed by atoms with Crippen molar-refractivity contribution < 1.29 is 53.0 Å². The molecule has 0 saturated heterocycles. The number of ether oxygens (including phenoxy) is 1. The van der Waals surface area contributed by atoms with Gasteiger partial charge in [0.25, 0.3) is 0 Å². The highest BCUT2D eigenvalue weighted by atomic mass is 16.5. The largest absolute Gasteiger partial charge is 0.478 e. The summed E-state index contributed by atoms with van der Waals surface area (Å²) in [6.45, 7) is 29.4. The fraction of sp³-hybridized carbons (Fsp3) is 0.667. The van der Waals surface area contributed by atoms with Crippen LogP contribution in [0.4, 0.5) is 15.3 Å². The fourth-order valence-electron chi connectivity index (χ4n) is 5.89. The number of carbonyl (C=O) groups is 9. The Hall–Kier alpha value is -5.81. The van der Waals surface area contributed by atoms with Gasteiger partial charge in [-0.2, -0.15) is 0 Å². The summed E-state index contributed by atoms with van der Waals surface area (Å²) in [5.41, 5.74) is 5.15. The molecule has 9 N–H and O–H groups in total. The first kappa shape index (κ1) is 63.2. The van der Waals surface area contributed by atoms with Crippen molar-refractivity contribution in [3.05, 3.63) is 41.0 Å². The lowest BCUT2D eigenvalue weighted by Crippen LogP contribution is -2.49. The molecule has 18 nitrogen and oxygen atoms in total. The van der Waals surface area contributed by atoms with Crippen molar-refractivity contribution in [1.29, 1.82) is 0 Å². The Balaban J connectivity index is 0.00000144. The first-order valence-electron chi connectivity index (χ1n) is 23.7. The second kappa shape index (κ2) is 29.3. The number of carboxylic acid groups (broad SMARTS) is 1. The Labute approximate surface area is 410 Å². The first-order chi connectivity index (χ1) is 31.5. The van der Waals surface area contributed by atoms with Crippen molar-refractivity contribution in [2.45, 2.75) is 161 Å². The van der Waals surface area contributed by atoms with Gasteiger partial charge in [0.15, 0.2) is 5.78 Å². The highest BCUT2D eigenvalue weighted by Crippen LogP contribution is 2.22. The minimum atomic E-state index is -1.17. The minimum Gasteiger partial charge on any atom is -0.478 e. The van der Waals surface area contributed by atoms with E-state index >= 15 is 0 Å². The van der Waals surface area contributed by atoms with Gasteiger partial charge in [-0.15, -0.1) is 0 Å². The van der Waals surface area contributed by atoms with Gasteiger partial charge < -0.3 is 47.5 Å². The molecule has 2 unspecified atom stereocenters. The molecule has 0 heterocycles. The number of primary amides is 1. The number of alkyl carbamates (subject to hydrolysis) is 1. The second-order valence-electron chi connectivity index (χ2n) is 22.2. The molecule has 0 saturated carbocycles. The first-order valence-corrected chi connectivity index (χ1v) is 23.7. The van der Waals surface area contributed by atoms with Gasteiger partial charge in [-0.3, -0.25) is 28.8 Å². The van der Waals surface area contributed by atoms with Crippen LogP contribution in [-0.4, -0.2) is 90.6 Å². The molecule has 18 heteroatoms. The maximum Gasteiger partial charge on any atom is 0.407 e. The summed E-state index contributed by atoms with van der Waals surface area (Å²) in [6, 6.07) is 5.46. The number of aliphatic carboxylic acids is 1. The minimum absolute atomic E-state index is 0.0448. The van der Waals surface area contributed by atoms with E-state index in [1.54, 1.807) is 45.0 Å². The molecule has 7 amide bonds. The third-order valence-corrected chi connectivity index (χ3v) is 10.3. The van der Waals surface area contributed by atoms with Gasteiger partial charge >= 0.3 is 18.1 Å². The molecular weight excluding hydrogens is 887 g/mol. The molecular formula is C51H85N7O11. The Kier molecular flexibility index (Phi) is 26.8. The van der Waals surface area contributed by atoms with Gasteiger partial charge in [0.1, 0.15) is 12.4 Å². The quantitative estimate of drug-likeness (QED) is 0.0388. The number of amides is 7. The maximum absolute atomic E-state index is 13.3. The number of hydrogen-bond acceptors (Lipinski definition) is 10. The molecule has 0 spiro atoms. The van der Waals surface area contributed by atoms with Crippen LogP contribution in [0.3, 0.4) is 0 Å². The highest BCUT2D eigenvalue weighted by molar-refractivity contribution is 6.02. The number of hydrogen-bond donors (Lipinski definition) is 8. The molecule has 0 fully saturated rings. The summed E-state index contributed by atoms with van der Waals surface area (Å²) in [5.74, 6) is -3.45. The summed E-state index contributed by atoms with van der Waals surface area (Å²) in [6.07, 6.45) is 1.13. The number of rotatable bonds is 24. The number of Topliss-reactive ketones (excluding diaryl/α,β-unsaturated/α-hetero) is 2. The van der Waals surface area contributed by atoms with E-state index in [1.807, 2.05) is 76.2 Å². The molecule has 0 aliphatic carbocycles. The number of ketones is 2. The molecule has 69 heavy (non-hydrogen) atoms. The lowest BCUT2D eigenvalue weighted by atomic mass is 9.88. The highest BCUT2D eigenvalue weighted by Gasteiger charge is 2.32. The third-order valence-electron chi connectivity index (χ3n) is 10.3. The van der Waals surface area contributed by atoms with Crippen LogP contribution in [0, 0.1) is 33.5 Å². The van der Waals surface area contributed by atoms with Crippen molar-refractivity contribution in [2.75, 3.05) is 31.5 Å². The van der Waals surface area contributed by atoms with E-state index in [-0.39, 0.29) is 96.0 Å². The van der Waals surface area contributed by atoms with E-state index in [0.717, 1.165) is 5.56 Å². The normalized spacial score (nSPS) is 13.0. The van der Waals surface area contributed by atoms with Crippen LogP contribution >= 0.6 is 0 Å². The van der Waals surface area contributed by atoms with Crippen molar-refractivity contribution in [3.63, 3.8) is 0 Å². The monoisotopic (exact) mass is 972 g/mol. The van der Waals surface area contributed by atoms with Crippen LogP contribution < -0.4 is 37.6 Å². The molecule has 0 bridgehead atoms. The van der Waals surface area contributed by atoms with Gasteiger partial charge in [0, 0.05) is 79.0 Å². The zero-order chi connectivity index (χ0) is 53.5. The van der Waals surface area contributed by atoms with E-state index in [2.05, 4.69) is 31.9 Å². The van der Waals surface area contributed by atoms with Crippen LogP contribution in [0.2, 0.25) is 0 Å². The number of nitrogens with two attached hydrogens (primary N) is 1. The van der Waals surface area contributed by atoms with Crippen molar-refractivity contribution in [3.8, 4) is 0 Å². The van der Waals surface area contributed by atoms with E-state index in [0.29, 0.717) is 44.6 Å². The number of nitrogens with one attached hydrogen (secondary N) is 6. The molecule has 0 radical (unpaired) electrons. The average molecular weight is 972 g/mol. The maximum atomic E-state index is 13.3. The van der Waals surface area contributed by atoms with Gasteiger partial charge in [-0.25, -0.2) is 14.4 Å². The number of benzene rings is 1. The van der Waals surface area contributed by atoms with Crippen LogP contribution in [0.5, 0.6) is 0 Å². The van der Waals surface area contributed by atoms with E-state index < -0.39 is 46.8 Å². The molecule has 1 aromatic carbocycles. The van der Waals surface area contributed by atoms with Crippen LogP contribution in [-0.2, 0) is 44.9 Å². The second-order valence-corrected chi connectivity index (χ2v) is 22.2. The van der Waals surface area contributed by atoms with Crippen molar-refractivity contribution in [1.82, 2.24) is 26.6 Å². The Bertz CT molecular complexity index is 1930. The Morgan fingerprint density at radius 2 is 1.22 bits per heavy atom. The summed E-state index contributed by atoms with van der Waals surface area (Å²) in [7, 11) is 0. The topological polar surface area (TPSA) is 281 Å². The number of carbonyl (C=O) groups excluding carboxylic acids is 8. The third kappa shape index (κ3) is 29.0. The van der Waals surface area contributed by atoms with Crippen LogP contribution in [0.15, 0.2) is 35.4 Å². The molecule has 2 atom stereocenters. The Morgan fingerprint density at radius 3 is 1.71 bits per heavy atom. The Morgan fingerprint density at radius 1 is 0.681 bits per heavy atom. The van der Waals surface area contributed by atoms with Crippen molar-refractivity contribution in [2.24, 2.45) is 39.2 Å². The molecule has 1 rings (SSSR count). The summed E-state index contributed by atoms with van der Waals surface area (Å²) >= 11 is 0. The van der Waals surface area contributed by atoms with E-state index in [9.17, 15) is 48.3 Å². The van der Waals surface area contributed by atoms with Gasteiger partial charge in [-0.1, -0.05) is 109 Å².